The van der Waals surface area contributed by atoms with Gasteiger partial charge in [0.15, 0.2) is 0 Å². The Hall–Kier alpha value is -2.58. The molecule has 5 rings (SSSR count). The molecule has 0 aliphatic carbocycles. The first-order chi connectivity index (χ1) is 17.1. The summed E-state index contributed by atoms with van der Waals surface area (Å²) in [7, 11) is 1.76. The largest absolute Gasteiger partial charge is 0.394 e. The predicted octanol–water partition coefficient (Wildman–Crippen LogP) is 2.55. The van der Waals surface area contributed by atoms with Crippen LogP contribution in [0.3, 0.4) is 0 Å². The van der Waals surface area contributed by atoms with Gasteiger partial charge < -0.3 is 19.8 Å². The minimum atomic E-state index is -0.879. The Balaban J connectivity index is 1.68. The topological polar surface area (TPSA) is 81.2 Å². The number of aliphatic hydroxyl groups is 1. The van der Waals surface area contributed by atoms with Gasteiger partial charge >= 0.3 is 0 Å². The Labute approximate surface area is 217 Å². The van der Waals surface area contributed by atoms with Crippen molar-refractivity contribution in [2.24, 2.45) is 17.8 Å². The van der Waals surface area contributed by atoms with Crippen molar-refractivity contribution in [2.75, 3.05) is 31.6 Å². The van der Waals surface area contributed by atoms with Crippen LogP contribution in [-0.2, 0) is 14.4 Å². The molecule has 7 nitrogen and oxygen atoms in total. The average Bonchev–Trinajstić information content (AvgIpc) is 3.15. The summed E-state index contributed by atoms with van der Waals surface area (Å²) in [6, 6.07) is 4.71. The maximum Gasteiger partial charge on any atom is 0.251 e. The first-order valence-corrected chi connectivity index (χ1v) is 13.6. The number of nitrogens with zero attached hydrogens (tertiary/aromatic N) is 3. The maximum absolute atomic E-state index is 14.5. The van der Waals surface area contributed by atoms with Crippen LogP contribution in [0.5, 0.6) is 0 Å². The van der Waals surface area contributed by atoms with Crippen LogP contribution in [0.15, 0.2) is 42.5 Å². The number of anilines is 1. The molecule has 0 bridgehead atoms. The molecule has 3 amide bonds. The quantitative estimate of drug-likeness (QED) is 0.631. The van der Waals surface area contributed by atoms with Gasteiger partial charge in [-0.25, -0.2) is 0 Å². The Bertz CT molecular complexity index is 1160. The van der Waals surface area contributed by atoms with Crippen LogP contribution in [0, 0.1) is 31.6 Å². The van der Waals surface area contributed by atoms with E-state index in [-0.39, 0.29) is 35.5 Å². The summed E-state index contributed by atoms with van der Waals surface area (Å²) in [6.07, 6.45) is 8.04. The lowest BCUT2D eigenvalue weighted by Crippen LogP contribution is -2.57. The molecule has 1 unspecified atom stereocenters. The summed E-state index contributed by atoms with van der Waals surface area (Å²) in [5.41, 5.74) is 2.86. The zero-order chi connectivity index (χ0) is 25.9. The van der Waals surface area contributed by atoms with Crippen LogP contribution in [0.1, 0.15) is 25.0 Å². The van der Waals surface area contributed by atoms with E-state index in [0.717, 1.165) is 16.8 Å². The van der Waals surface area contributed by atoms with E-state index in [4.69, 9.17) is 0 Å². The van der Waals surface area contributed by atoms with Crippen LogP contribution >= 0.6 is 11.8 Å². The lowest BCUT2D eigenvalue weighted by molar-refractivity contribution is -0.144. The summed E-state index contributed by atoms with van der Waals surface area (Å²) >= 11 is 1.57. The fraction of sp³-hybridized carbons (Fsp3) is 0.536. The third kappa shape index (κ3) is 3.56. The minimum Gasteiger partial charge on any atom is -0.394 e. The van der Waals surface area contributed by atoms with Gasteiger partial charge in [-0.1, -0.05) is 50.3 Å². The molecule has 0 saturated carbocycles. The van der Waals surface area contributed by atoms with Crippen LogP contribution in [0.2, 0.25) is 0 Å². The molecule has 4 heterocycles. The van der Waals surface area contributed by atoms with E-state index in [2.05, 4.69) is 0 Å². The highest BCUT2D eigenvalue weighted by Crippen LogP contribution is 2.61. The molecule has 36 heavy (non-hydrogen) atoms. The third-order valence-corrected chi connectivity index (χ3v) is 10.0. The zero-order valence-corrected chi connectivity index (χ0v) is 22.4. The molecule has 2 fully saturated rings. The van der Waals surface area contributed by atoms with Crippen molar-refractivity contribution in [3.05, 3.63) is 53.6 Å². The number of benzene rings is 1. The smallest absolute Gasteiger partial charge is 0.251 e. The number of hydrogen-bond donors (Lipinski definition) is 1. The van der Waals surface area contributed by atoms with Gasteiger partial charge in [0.2, 0.25) is 11.8 Å². The second-order valence-corrected chi connectivity index (χ2v) is 12.4. The molecule has 6 atom stereocenters. The molecule has 192 valence electrons. The van der Waals surface area contributed by atoms with Crippen LogP contribution < -0.4 is 4.90 Å². The second kappa shape index (κ2) is 9.06. The van der Waals surface area contributed by atoms with Crippen molar-refractivity contribution in [3.63, 3.8) is 0 Å². The lowest BCUT2D eigenvalue weighted by Gasteiger charge is -2.40. The average molecular weight is 510 g/mol. The highest BCUT2D eigenvalue weighted by atomic mass is 32.2. The molecule has 8 heteroatoms. The van der Waals surface area contributed by atoms with Gasteiger partial charge in [0.25, 0.3) is 5.91 Å². The van der Waals surface area contributed by atoms with Gasteiger partial charge in [0.05, 0.1) is 29.2 Å². The van der Waals surface area contributed by atoms with Crippen molar-refractivity contribution in [1.29, 1.82) is 0 Å². The SMILES string of the molecule is Cc1ccc(C)c(N2CC=C[C@]34S[C@@H]5C=CCN(C)C(=O)[C@@H]5[C@H]3C(=O)N([C@@H](CO)C(C)C)C4C2=O)c1. The van der Waals surface area contributed by atoms with E-state index in [1.165, 1.54) is 0 Å². The van der Waals surface area contributed by atoms with Crippen LogP contribution in [0.4, 0.5) is 5.69 Å². The molecule has 1 aromatic carbocycles. The van der Waals surface area contributed by atoms with Crippen molar-refractivity contribution in [1.82, 2.24) is 9.80 Å². The second-order valence-electron chi connectivity index (χ2n) is 10.9. The van der Waals surface area contributed by atoms with Crippen molar-refractivity contribution in [2.45, 2.75) is 49.8 Å². The van der Waals surface area contributed by atoms with Crippen molar-refractivity contribution < 1.29 is 19.5 Å². The van der Waals surface area contributed by atoms with E-state index in [9.17, 15) is 19.5 Å². The number of aryl methyl sites for hydroxylation is 2. The highest BCUT2D eigenvalue weighted by molar-refractivity contribution is 8.02. The summed E-state index contributed by atoms with van der Waals surface area (Å²) < 4.78 is -0.879. The fourth-order valence-electron chi connectivity index (χ4n) is 6.41. The number of likely N-dealkylation sites (N-methyl/N-ethyl adjacent to an activating group) is 1. The number of carbonyl (C=O) groups excluding carboxylic acids is 3. The van der Waals surface area contributed by atoms with Gasteiger partial charge in [-0.15, -0.1) is 11.8 Å². The number of fused-ring (bicyclic) bond motifs is 2. The van der Waals surface area contributed by atoms with Crippen molar-refractivity contribution >= 4 is 35.2 Å². The number of rotatable bonds is 4. The monoisotopic (exact) mass is 509 g/mol. The van der Waals surface area contributed by atoms with Crippen molar-refractivity contribution in [3.8, 4) is 0 Å². The predicted molar refractivity (Wildman–Crippen MR) is 142 cm³/mol. The number of aliphatic hydroxyl groups excluding tert-OH is 1. The molecular formula is C28H35N3O4S. The number of thioether (sulfide) groups is 1. The van der Waals surface area contributed by atoms with Gasteiger partial charge in [-0.3, -0.25) is 14.4 Å². The summed E-state index contributed by atoms with van der Waals surface area (Å²) in [6.45, 7) is 8.55. The van der Waals surface area contributed by atoms with Gasteiger partial charge in [0, 0.05) is 31.1 Å². The first-order valence-electron chi connectivity index (χ1n) is 12.7. The van der Waals surface area contributed by atoms with E-state index in [1.807, 2.05) is 70.2 Å². The molecule has 1 spiro atoms. The van der Waals surface area contributed by atoms with E-state index < -0.39 is 28.7 Å². The van der Waals surface area contributed by atoms with Gasteiger partial charge in [-0.2, -0.15) is 0 Å². The zero-order valence-electron chi connectivity index (χ0n) is 21.5. The standard InChI is InChI=1S/C28H35N3O4S/c1-16(2)20(15-32)31-24-27(35)30(19-14-17(3)9-10-18(19)4)13-7-11-28(24)23(26(31)34)22-21(36-28)8-6-12-29(5)25(22)33/h6-11,14,16,20-24,32H,12-13,15H2,1-5H3/t20-,21+,22-,23-,24?,28-/m0/s1. The van der Waals surface area contributed by atoms with E-state index >= 15 is 0 Å². The molecule has 2 saturated heterocycles. The molecule has 1 aromatic rings. The lowest BCUT2D eigenvalue weighted by atomic mass is 9.78. The molecule has 4 aliphatic heterocycles. The van der Waals surface area contributed by atoms with Crippen LogP contribution in [0.25, 0.3) is 0 Å². The van der Waals surface area contributed by atoms with Crippen LogP contribution in [-0.4, -0.2) is 81.5 Å². The Morgan fingerprint density at radius 3 is 2.53 bits per heavy atom. The molecule has 0 aromatic heterocycles. The Morgan fingerprint density at radius 1 is 1.08 bits per heavy atom. The number of amides is 3. The molecule has 0 radical (unpaired) electrons. The molecule has 4 aliphatic rings. The molecule has 1 N–H and O–H groups in total. The fourth-order valence-corrected chi connectivity index (χ4v) is 8.40. The Morgan fingerprint density at radius 2 is 1.83 bits per heavy atom. The molecular weight excluding hydrogens is 474 g/mol. The van der Waals surface area contributed by atoms with E-state index in [0.29, 0.717) is 13.1 Å². The summed E-state index contributed by atoms with van der Waals surface area (Å²) in [4.78, 5) is 47.4. The third-order valence-electron chi connectivity index (χ3n) is 8.27. The summed E-state index contributed by atoms with van der Waals surface area (Å²) in [5, 5.41) is 10.2. The first kappa shape index (κ1) is 25.1. The number of hydrogen-bond acceptors (Lipinski definition) is 5. The minimum absolute atomic E-state index is 0.0581. The number of carbonyl (C=O) groups is 3. The van der Waals surface area contributed by atoms with Gasteiger partial charge in [-0.05, 0) is 37.0 Å². The van der Waals surface area contributed by atoms with Gasteiger partial charge in [0.1, 0.15) is 6.04 Å². The number of likely N-dealkylation sites (tertiary alicyclic amines) is 1. The van der Waals surface area contributed by atoms with E-state index in [1.54, 1.807) is 33.5 Å². The maximum atomic E-state index is 14.5. The normalized spacial score (nSPS) is 32.5. The highest BCUT2D eigenvalue weighted by Gasteiger charge is 2.71. The Kier molecular flexibility index (Phi) is 6.32. The summed E-state index contributed by atoms with van der Waals surface area (Å²) in [5.74, 6) is -1.69.